The van der Waals surface area contributed by atoms with E-state index in [4.69, 9.17) is 23.2 Å². The number of benzene rings is 2. The Morgan fingerprint density at radius 2 is 1.64 bits per heavy atom. The van der Waals surface area contributed by atoms with Gasteiger partial charge in [0.05, 0.1) is 6.04 Å². The molecule has 25 heavy (non-hydrogen) atoms. The summed E-state index contributed by atoms with van der Waals surface area (Å²) >= 11 is 11.8. The molecule has 3 aromatic rings. The van der Waals surface area contributed by atoms with Crippen molar-refractivity contribution in [2.45, 2.75) is 18.6 Å². The molecule has 2 atom stereocenters. The van der Waals surface area contributed by atoms with Gasteiger partial charge >= 0.3 is 0 Å². The third-order valence-corrected chi connectivity index (χ3v) is 4.68. The standard InChI is InChI=1S/C18H15Cl2N3O2/c1-12(23-11-21-10-22-23)18(25,14-4-8-16(20)9-5-14)17(24)13-2-6-15(19)7-3-13/h2-12,25H,1H3. The van der Waals surface area contributed by atoms with Gasteiger partial charge in [0.15, 0.2) is 5.60 Å². The molecule has 0 spiro atoms. The molecule has 0 aliphatic heterocycles. The second-order valence-electron chi connectivity index (χ2n) is 5.66. The van der Waals surface area contributed by atoms with Crippen molar-refractivity contribution in [3.63, 3.8) is 0 Å². The van der Waals surface area contributed by atoms with Crippen molar-refractivity contribution in [3.8, 4) is 0 Å². The SMILES string of the molecule is CC(n1cncn1)C(O)(C(=O)c1ccc(Cl)cc1)c1ccc(Cl)cc1. The predicted octanol–water partition coefficient (Wildman–Crippen LogP) is 3.92. The van der Waals surface area contributed by atoms with E-state index in [2.05, 4.69) is 10.1 Å². The zero-order chi connectivity index (χ0) is 18.0. The number of ketones is 1. The van der Waals surface area contributed by atoms with Gasteiger partial charge in [0.2, 0.25) is 5.78 Å². The zero-order valence-electron chi connectivity index (χ0n) is 13.3. The molecule has 0 aliphatic carbocycles. The lowest BCUT2D eigenvalue weighted by molar-refractivity contribution is -0.000914. The summed E-state index contributed by atoms with van der Waals surface area (Å²) in [7, 11) is 0. The molecule has 2 unspecified atom stereocenters. The maximum Gasteiger partial charge on any atom is 0.201 e. The summed E-state index contributed by atoms with van der Waals surface area (Å²) in [5.41, 5.74) is -1.10. The Morgan fingerprint density at radius 1 is 1.08 bits per heavy atom. The van der Waals surface area contributed by atoms with Crippen LogP contribution in [0.1, 0.15) is 28.9 Å². The second-order valence-corrected chi connectivity index (χ2v) is 6.53. The van der Waals surface area contributed by atoms with Crippen LogP contribution in [0.15, 0.2) is 61.2 Å². The van der Waals surface area contributed by atoms with E-state index >= 15 is 0 Å². The van der Waals surface area contributed by atoms with Crippen molar-refractivity contribution in [1.29, 1.82) is 0 Å². The van der Waals surface area contributed by atoms with Gasteiger partial charge in [-0.25, -0.2) is 9.67 Å². The third-order valence-electron chi connectivity index (χ3n) is 4.17. The molecule has 1 heterocycles. The Labute approximate surface area is 154 Å². The average molecular weight is 376 g/mol. The van der Waals surface area contributed by atoms with Crippen LogP contribution in [0, 0.1) is 0 Å². The van der Waals surface area contributed by atoms with Crippen molar-refractivity contribution in [2.75, 3.05) is 0 Å². The summed E-state index contributed by atoms with van der Waals surface area (Å²) in [4.78, 5) is 17.1. The molecule has 5 nitrogen and oxygen atoms in total. The summed E-state index contributed by atoms with van der Waals surface area (Å²) in [5.74, 6) is -0.463. The Morgan fingerprint density at radius 3 is 2.16 bits per heavy atom. The highest BCUT2D eigenvalue weighted by molar-refractivity contribution is 6.31. The van der Waals surface area contributed by atoms with Crippen molar-refractivity contribution < 1.29 is 9.90 Å². The molecule has 3 rings (SSSR count). The van der Waals surface area contributed by atoms with Crippen molar-refractivity contribution in [1.82, 2.24) is 14.8 Å². The largest absolute Gasteiger partial charge is 0.375 e. The molecular formula is C18H15Cl2N3O2. The van der Waals surface area contributed by atoms with E-state index in [1.165, 1.54) is 17.3 Å². The van der Waals surface area contributed by atoms with Gasteiger partial charge in [0, 0.05) is 15.6 Å². The fraction of sp³-hybridized carbons (Fsp3) is 0.167. The van der Waals surface area contributed by atoms with Gasteiger partial charge in [-0.2, -0.15) is 5.10 Å². The quantitative estimate of drug-likeness (QED) is 0.686. The minimum atomic E-state index is -1.86. The number of nitrogens with zero attached hydrogens (tertiary/aromatic N) is 3. The Hall–Kier alpha value is -2.21. The minimum absolute atomic E-state index is 0.341. The Kier molecular flexibility index (Phi) is 4.90. The number of hydrogen-bond acceptors (Lipinski definition) is 4. The van der Waals surface area contributed by atoms with E-state index in [0.717, 1.165) is 0 Å². The number of halogens is 2. The summed E-state index contributed by atoms with van der Waals surface area (Å²) in [6.45, 7) is 1.71. The summed E-state index contributed by atoms with van der Waals surface area (Å²) in [5, 5.41) is 16.6. The average Bonchev–Trinajstić information content (AvgIpc) is 3.15. The predicted molar refractivity (Wildman–Crippen MR) is 95.9 cm³/mol. The lowest BCUT2D eigenvalue weighted by Gasteiger charge is -2.33. The van der Waals surface area contributed by atoms with Crippen LogP contribution in [0.2, 0.25) is 10.0 Å². The first-order chi connectivity index (χ1) is 11.9. The van der Waals surface area contributed by atoms with Gasteiger partial charge in [-0.15, -0.1) is 0 Å². The number of carbonyl (C=O) groups is 1. The molecule has 0 radical (unpaired) electrons. The van der Waals surface area contributed by atoms with E-state index < -0.39 is 17.4 Å². The van der Waals surface area contributed by atoms with Crippen molar-refractivity contribution in [3.05, 3.63) is 82.4 Å². The monoisotopic (exact) mass is 375 g/mol. The van der Waals surface area contributed by atoms with Gasteiger partial charge in [-0.1, -0.05) is 35.3 Å². The van der Waals surface area contributed by atoms with Gasteiger partial charge in [0.1, 0.15) is 12.7 Å². The number of carbonyl (C=O) groups excluding carboxylic acids is 1. The van der Waals surface area contributed by atoms with Crippen molar-refractivity contribution in [2.24, 2.45) is 0 Å². The molecule has 128 valence electrons. The lowest BCUT2D eigenvalue weighted by atomic mass is 9.80. The highest BCUT2D eigenvalue weighted by Gasteiger charge is 2.45. The van der Waals surface area contributed by atoms with Crippen LogP contribution in [0.25, 0.3) is 0 Å². The Balaban J connectivity index is 2.12. The number of Topliss-reactive ketones (excluding diaryl/α,β-unsaturated/α-hetero) is 1. The number of hydrogen-bond donors (Lipinski definition) is 1. The first kappa shape index (κ1) is 17.6. The van der Waals surface area contributed by atoms with Crippen LogP contribution >= 0.6 is 23.2 Å². The van der Waals surface area contributed by atoms with E-state index in [1.54, 1.807) is 55.5 Å². The molecular weight excluding hydrogens is 361 g/mol. The van der Waals surface area contributed by atoms with Gasteiger partial charge in [-0.3, -0.25) is 4.79 Å². The number of aliphatic hydroxyl groups is 1. The summed E-state index contributed by atoms with van der Waals surface area (Å²) in [6.07, 6.45) is 2.81. The van der Waals surface area contributed by atoms with E-state index in [1.807, 2.05) is 0 Å². The highest BCUT2D eigenvalue weighted by atomic mass is 35.5. The van der Waals surface area contributed by atoms with E-state index in [0.29, 0.717) is 21.2 Å². The number of rotatable bonds is 5. The topological polar surface area (TPSA) is 68.0 Å². The van der Waals surface area contributed by atoms with Gasteiger partial charge in [-0.05, 0) is 48.9 Å². The second kappa shape index (κ2) is 6.96. The molecule has 0 saturated heterocycles. The molecule has 1 N–H and O–H groups in total. The molecule has 0 fully saturated rings. The smallest absolute Gasteiger partial charge is 0.201 e. The summed E-state index contributed by atoms with van der Waals surface area (Å²) < 4.78 is 1.45. The first-order valence-corrected chi connectivity index (χ1v) is 8.31. The van der Waals surface area contributed by atoms with E-state index in [-0.39, 0.29) is 0 Å². The highest BCUT2D eigenvalue weighted by Crippen LogP contribution is 2.36. The third kappa shape index (κ3) is 3.31. The molecule has 0 saturated carbocycles. The fourth-order valence-electron chi connectivity index (χ4n) is 2.70. The maximum atomic E-state index is 13.2. The van der Waals surface area contributed by atoms with Gasteiger partial charge in [0.25, 0.3) is 0 Å². The fourth-order valence-corrected chi connectivity index (χ4v) is 2.95. The first-order valence-electron chi connectivity index (χ1n) is 7.56. The molecule has 0 bridgehead atoms. The van der Waals surface area contributed by atoms with Crippen LogP contribution < -0.4 is 0 Å². The van der Waals surface area contributed by atoms with Crippen LogP contribution in [0.5, 0.6) is 0 Å². The minimum Gasteiger partial charge on any atom is -0.375 e. The molecule has 2 aromatic carbocycles. The Bertz CT molecular complexity index is 864. The van der Waals surface area contributed by atoms with Crippen LogP contribution in [0.4, 0.5) is 0 Å². The van der Waals surface area contributed by atoms with Crippen LogP contribution in [0.3, 0.4) is 0 Å². The van der Waals surface area contributed by atoms with Crippen LogP contribution in [-0.2, 0) is 5.60 Å². The summed E-state index contributed by atoms with van der Waals surface area (Å²) in [6, 6.07) is 12.2. The van der Waals surface area contributed by atoms with E-state index in [9.17, 15) is 9.90 Å². The molecule has 0 amide bonds. The van der Waals surface area contributed by atoms with Crippen molar-refractivity contribution >= 4 is 29.0 Å². The molecule has 0 aliphatic rings. The number of aromatic nitrogens is 3. The molecule has 7 heteroatoms. The normalized spacial score (nSPS) is 14.7. The van der Waals surface area contributed by atoms with Gasteiger partial charge < -0.3 is 5.11 Å². The zero-order valence-corrected chi connectivity index (χ0v) is 14.8. The molecule has 1 aromatic heterocycles. The lowest BCUT2D eigenvalue weighted by Crippen LogP contribution is -2.43. The maximum absolute atomic E-state index is 13.2. The van der Waals surface area contributed by atoms with Crippen LogP contribution in [-0.4, -0.2) is 25.7 Å².